The molecular formula is C11H15N3O2. The number of rotatable bonds is 4. The molecule has 0 radical (unpaired) electrons. The maximum Gasteiger partial charge on any atom is 0.339 e. The number of carboxylic acids is 1. The molecule has 1 aromatic heterocycles. The van der Waals surface area contributed by atoms with Gasteiger partial charge in [0.15, 0.2) is 0 Å². The van der Waals surface area contributed by atoms with Crippen LogP contribution in [0.4, 0.5) is 5.95 Å². The summed E-state index contributed by atoms with van der Waals surface area (Å²) in [6.07, 6.45) is 2.60. The molecule has 2 rings (SSSR count). The smallest absolute Gasteiger partial charge is 0.339 e. The van der Waals surface area contributed by atoms with E-state index in [2.05, 4.69) is 22.2 Å². The predicted molar refractivity (Wildman–Crippen MR) is 59.5 cm³/mol. The summed E-state index contributed by atoms with van der Waals surface area (Å²) in [5.41, 5.74) is 0.652. The van der Waals surface area contributed by atoms with Crippen LogP contribution in [-0.4, -0.2) is 27.6 Å². The number of nitrogens with zero attached hydrogens (tertiary/aromatic N) is 2. The van der Waals surface area contributed by atoms with E-state index in [1.807, 2.05) is 0 Å². The van der Waals surface area contributed by atoms with Crippen LogP contribution >= 0.6 is 0 Å². The number of anilines is 1. The Balaban J connectivity index is 2.00. The molecular weight excluding hydrogens is 206 g/mol. The first-order chi connectivity index (χ1) is 7.58. The topological polar surface area (TPSA) is 75.1 Å². The molecule has 0 saturated heterocycles. The van der Waals surface area contributed by atoms with E-state index in [1.165, 1.54) is 12.6 Å². The van der Waals surface area contributed by atoms with Gasteiger partial charge in [0.05, 0.1) is 11.3 Å². The molecule has 2 unspecified atom stereocenters. The number of aromatic carboxylic acids is 1. The van der Waals surface area contributed by atoms with Crippen LogP contribution in [-0.2, 0) is 0 Å². The van der Waals surface area contributed by atoms with Crippen LogP contribution in [0, 0.1) is 18.8 Å². The molecule has 1 fully saturated rings. The molecule has 1 aliphatic carbocycles. The summed E-state index contributed by atoms with van der Waals surface area (Å²) in [7, 11) is 0. The Hall–Kier alpha value is -1.65. The molecule has 0 aliphatic heterocycles. The first kappa shape index (κ1) is 10.9. The lowest BCUT2D eigenvalue weighted by Gasteiger charge is -2.05. The van der Waals surface area contributed by atoms with Crippen molar-refractivity contribution in [3.05, 3.63) is 17.5 Å². The second-order valence-electron chi connectivity index (χ2n) is 4.35. The van der Waals surface area contributed by atoms with Gasteiger partial charge in [-0.1, -0.05) is 6.92 Å². The van der Waals surface area contributed by atoms with Gasteiger partial charge in [-0.15, -0.1) is 0 Å². The average molecular weight is 221 g/mol. The largest absolute Gasteiger partial charge is 0.478 e. The van der Waals surface area contributed by atoms with Gasteiger partial charge in [-0.25, -0.2) is 14.8 Å². The lowest BCUT2D eigenvalue weighted by Crippen LogP contribution is -2.10. The summed E-state index contributed by atoms with van der Waals surface area (Å²) in [4.78, 5) is 18.9. The Labute approximate surface area is 93.9 Å². The highest BCUT2D eigenvalue weighted by atomic mass is 16.4. The number of carboxylic acid groups (broad SMARTS) is 1. The van der Waals surface area contributed by atoms with E-state index in [0.717, 1.165) is 12.5 Å². The molecule has 5 nitrogen and oxygen atoms in total. The van der Waals surface area contributed by atoms with E-state index in [-0.39, 0.29) is 5.56 Å². The third-order valence-electron chi connectivity index (χ3n) is 3.01. The number of aromatic nitrogens is 2. The lowest BCUT2D eigenvalue weighted by molar-refractivity contribution is 0.0695. The molecule has 16 heavy (non-hydrogen) atoms. The minimum Gasteiger partial charge on any atom is -0.478 e. The van der Waals surface area contributed by atoms with Crippen LogP contribution in [0.3, 0.4) is 0 Å². The molecule has 0 amide bonds. The molecule has 2 N–H and O–H groups in total. The number of aryl methyl sites for hydroxylation is 1. The highest BCUT2D eigenvalue weighted by Gasteiger charge is 2.32. The minimum absolute atomic E-state index is 0.158. The van der Waals surface area contributed by atoms with Crippen molar-refractivity contribution >= 4 is 11.9 Å². The van der Waals surface area contributed by atoms with Gasteiger partial charge in [-0.2, -0.15) is 0 Å². The van der Waals surface area contributed by atoms with Crippen molar-refractivity contribution in [1.29, 1.82) is 0 Å². The summed E-state index contributed by atoms with van der Waals surface area (Å²) < 4.78 is 0. The van der Waals surface area contributed by atoms with Gasteiger partial charge in [0.2, 0.25) is 5.95 Å². The second-order valence-corrected chi connectivity index (χ2v) is 4.35. The van der Waals surface area contributed by atoms with E-state index >= 15 is 0 Å². The van der Waals surface area contributed by atoms with Crippen LogP contribution in [0.25, 0.3) is 0 Å². The summed E-state index contributed by atoms with van der Waals surface area (Å²) in [5.74, 6) is 1.02. The number of hydrogen-bond donors (Lipinski definition) is 2. The summed E-state index contributed by atoms with van der Waals surface area (Å²) >= 11 is 0. The van der Waals surface area contributed by atoms with Crippen molar-refractivity contribution in [2.75, 3.05) is 11.9 Å². The van der Waals surface area contributed by atoms with Gasteiger partial charge in [0.25, 0.3) is 0 Å². The van der Waals surface area contributed by atoms with E-state index < -0.39 is 5.97 Å². The fourth-order valence-electron chi connectivity index (χ4n) is 1.67. The van der Waals surface area contributed by atoms with E-state index in [9.17, 15) is 4.79 Å². The zero-order valence-electron chi connectivity index (χ0n) is 9.40. The SMILES string of the molecule is Cc1nc(NCC2CC2C)ncc1C(=O)O. The zero-order valence-corrected chi connectivity index (χ0v) is 9.40. The zero-order chi connectivity index (χ0) is 11.7. The van der Waals surface area contributed by atoms with Gasteiger partial charge >= 0.3 is 5.97 Å². The minimum atomic E-state index is -0.986. The fourth-order valence-corrected chi connectivity index (χ4v) is 1.67. The van der Waals surface area contributed by atoms with Gasteiger partial charge in [0, 0.05) is 12.7 Å². The molecule has 0 aromatic carbocycles. The Kier molecular flexibility index (Phi) is 2.77. The summed E-state index contributed by atoms with van der Waals surface area (Å²) in [6.45, 7) is 4.76. The highest BCUT2D eigenvalue weighted by Crippen LogP contribution is 2.37. The molecule has 86 valence electrons. The molecule has 1 aromatic rings. The quantitative estimate of drug-likeness (QED) is 0.806. The lowest BCUT2D eigenvalue weighted by atomic mass is 10.2. The maximum atomic E-state index is 10.8. The van der Waals surface area contributed by atoms with Crippen molar-refractivity contribution in [2.45, 2.75) is 20.3 Å². The van der Waals surface area contributed by atoms with Gasteiger partial charge in [0.1, 0.15) is 0 Å². The Morgan fingerprint density at radius 3 is 2.88 bits per heavy atom. The first-order valence-corrected chi connectivity index (χ1v) is 5.38. The Bertz CT molecular complexity index is 420. The van der Waals surface area contributed by atoms with E-state index in [0.29, 0.717) is 17.6 Å². The third-order valence-corrected chi connectivity index (χ3v) is 3.01. The molecule has 1 saturated carbocycles. The molecule has 1 heterocycles. The molecule has 0 bridgehead atoms. The van der Waals surface area contributed by atoms with Crippen molar-refractivity contribution in [1.82, 2.24) is 9.97 Å². The maximum absolute atomic E-state index is 10.8. The van der Waals surface area contributed by atoms with Crippen molar-refractivity contribution < 1.29 is 9.90 Å². The summed E-state index contributed by atoms with van der Waals surface area (Å²) in [5, 5.41) is 11.9. The van der Waals surface area contributed by atoms with Gasteiger partial charge in [-0.3, -0.25) is 0 Å². The molecule has 1 aliphatic rings. The van der Waals surface area contributed by atoms with Crippen molar-refractivity contribution in [3.63, 3.8) is 0 Å². The normalized spacial score (nSPS) is 22.9. The average Bonchev–Trinajstić information content (AvgIpc) is 2.91. The van der Waals surface area contributed by atoms with E-state index in [4.69, 9.17) is 5.11 Å². The molecule has 0 spiro atoms. The van der Waals surface area contributed by atoms with Crippen LogP contribution in [0.2, 0.25) is 0 Å². The van der Waals surface area contributed by atoms with Crippen LogP contribution < -0.4 is 5.32 Å². The molecule has 2 atom stereocenters. The second kappa shape index (κ2) is 4.08. The van der Waals surface area contributed by atoms with Gasteiger partial charge in [-0.05, 0) is 25.2 Å². The standard InChI is InChI=1S/C11H15N3O2/c1-6-3-8(6)4-12-11-13-5-9(10(15)16)7(2)14-11/h5-6,8H,3-4H2,1-2H3,(H,15,16)(H,12,13,14). The monoisotopic (exact) mass is 221 g/mol. The number of hydrogen-bond acceptors (Lipinski definition) is 4. The van der Waals surface area contributed by atoms with E-state index in [1.54, 1.807) is 6.92 Å². The van der Waals surface area contributed by atoms with Crippen LogP contribution in [0.15, 0.2) is 6.20 Å². The fraction of sp³-hybridized carbons (Fsp3) is 0.545. The van der Waals surface area contributed by atoms with Crippen molar-refractivity contribution in [2.24, 2.45) is 11.8 Å². The Morgan fingerprint density at radius 1 is 1.69 bits per heavy atom. The van der Waals surface area contributed by atoms with Gasteiger partial charge < -0.3 is 10.4 Å². The number of carbonyl (C=O) groups is 1. The predicted octanol–water partition coefficient (Wildman–Crippen LogP) is 1.55. The molecule has 5 heteroatoms. The first-order valence-electron chi connectivity index (χ1n) is 5.38. The summed E-state index contributed by atoms with van der Waals surface area (Å²) in [6, 6.07) is 0. The van der Waals surface area contributed by atoms with Crippen LogP contribution in [0.1, 0.15) is 29.4 Å². The number of nitrogens with one attached hydrogen (secondary N) is 1. The van der Waals surface area contributed by atoms with Crippen LogP contribution in [0.5, 0.6) is 0 Å². The van der Waals surface area contributed by atoms with Crippen molar-refractivity contribution in [3.8, 4) is 0 Å². The highest BCUT2D eigenvalue weighted by molar-refractivity contribution is 5.88. The Morgan fingerprint density at radius 2 is 2.38 bits per heavy atom. The third kappa shape index (κ3) is 2.29.